The van der Waals surface area contributed by atoms with Crippen molar-refractivity contribution < 1.29 is 44.6 Å². The number of fused-ring (bicyclic) bond motifs is 2. The van der Waals surface area contributed by atoms with Gasteiger partial charge in [-0.15, -0.1) is 0 Å². The summed E-state index contributed by atoms with van der Waals surface area (Å²) in [5.41, 5.74) is 7.92. The molecule has 0 bridgehead atoms. The number of hydrogen-bond acceptors (Lipinski definition) is 5. The fourth-order valence-electron chi connectivity index (χ4n) is 5.65. The Kier molecular flexibility index (Phi) is 9.74. The van der Waals surface area contributed by atoms with Crippen LogP contribution in [0.3, 0.4) is 0 Å². The molecule has 1 aliphatic heterocycles. The number of benzene rings is 2. The zero-order valence-electron chi connectivity index (χ0n) is 23.0. The van der Waals surface area contributed by atoms with Gasteiger partial charge in [0.05, 0.1) is 17.8 Å². The van der Waals surface area contributed by atoms with Gasteiger partial charge >= 0.3 is 29.6 Å². The van der Waals surface area contributed by atoms with E-state index in [2.05, 4.69) is 23.1 Å². The second-order valence-corrected chi connectivity index (χ2v) is 11.4. The maximum Gasteiger partial charge on any atom is 1.00 e. The third-order valence-corrected chi connectivity index (χ3v) is 8.40. The normalized spacial score (nSPS) is 16.5. The quantitative estimate of drug-likeness (QED) is 0.473. The molecule has 1 fully saturated rings. The van der Waals surface area contributed by atoms with Gasteiger partial charge in [-0.25, -0.2) is 0 Å². The van der Waals surface area contributed by atoms with Crippen LogP contribution >= 0.6 is 11.6 Å². The largest absolute Gasteiger partial charge is 1.00 e. The number of carbonyl (C=O) groups excluding carboxylic acids is 1. The van der Waals surface area contributed by atoms with Gasteiger partial charge in [-0.2, -0.15) is 0 Å². The molecule has 1 N–H and O–H groups in total. The standard InChI is InChI=1S/C32H35ClN2O3.Na/c1-32(2,31(37)38)25-7-3-5-24(19-25)28(36)14-18-35-16-12-21(13-17-35)29-27-11-10-26(33)20-23(27)9-8-22-6-4-15-34-30(22)29;/h3-7,10-11,15,19-20,28,36H,8-9,12-14,16-18H2,1-2H3,(H,37,38);/q;+1/p-1. The minimum atomic E-state index is -1.13. The van der Waals surface area contributed by atoms with Gasteiger partial charge in [-0.05, 0) is 78.1 Å². The number of piperidine rings is 1. The fraction of sp³-hybridized carbons (Fsp3) is 0.375. The van der Waals surface area contributed by atoms with Gasteiger partial charge in [-0.3, -0.25) is 4.98 Å². The van der Waals surface area contributed by atoms with Crippen LogP contribution in [0, 0.1) is 0 Å². The molecule has 2 aromatic carbocycles. The van der Waals surface area contributed by atoms with Gasteiger partial charge in [0.15, 0.2) is 0 Å². The molecule has 1 saturated heterocycles. The van der Waals surface area contributed by atoms with Crippen molar-refractivity contribution in [2.75, 3.05) is 19.6 Å². The number of carbonyl (C=O) groups is 1. The van der Waals surface area contributed by atoms with Gasteiger partial charge in [0.1, 0.15) is 0 Å². The minimum absolute atomic E-state index is 0. The molecular weight excluding hydrogens is 519 g/mol. The molecule has 0 radical (unpaired) electrons. The van der Waals surface area contributed by atoms with Crippen molar-refractivity contribution in [2.24, 2.45) is 0 Å². The molecule has 2 aliphatic rings. The van der Waals surface area contributed by atoms with E-state index in [0.717, 1.165) is 61.6 Å². The summed E-state index contributed by atoms with van der Waals surface area (Å²) in [4.78, 5) is 18.8. The Bertz CT molecular complexity index is 1380. The molecule has 7 heteroatoms. The van der Waals surface area contributed by atoms with Gasteiger partial charge in [0, 0.05) is 41.8 Å². The summed E-state index contributed by atoms with van der Waals surface area (Å²) in [7, 11) is 0. The number of aliphatic hydroxyl groups excluding tert-OH is 1. The minimum Gasteiger partial charge on any atom is -0.549 e. The summed E-state index contributed by atoms with van der Waals surface area (Å²) >= 11 is 6.36. The number of hydrogen-bond donors (Lipinski definition) is 1. The van der Waals surface area contributed by atoms with E-state index in [9.17, 15) is 15.0 Å². The predicted molar refractivity (Wildman–Crippen MR) is 149 cm³/mol. The van der Waals surface area contributed by atoms with Crippen LogP contribution in [-0.4, -0.2) is 40.6 Å². The number of aryl methyl sites for hydroxylation is 2. The van der Waals surface area contributed by atoms with Crippen molar-refractivity contribution in [3.05, 3.63) is 105 Å². The van der Waals surface area contributed by atoms with Crippen molar-refractivity contribution in [3.8, 4) is 0 Å². The summed E-state index contributed by atoms with van der Waals surface area (Å²) in [6, 6.07) is 17.7. The zero-order chi connectivity index (χ0) is 26.9. The van der Waals surface area contributed by atoms with Crippen LogP contribution in [0.1, 0.15) is 72.7 Å². The van der Waals surface area contributed by atoms with Gasteiger partial charge in [0.25, 0.3) is 0 Å². The van der Waals surface area contributed by atoms with E-state index in [4.69, 9.17) is 16.6 Å². The topological polar surface area (TPSA) is 76.5 Å². The molecule has 5 nitrogen and oxygen atoms in total. The number of carboxylic acid groups (broad SMARTS) is 1. The van der Waals surface area contributed by atoms with Crippen LogP contribution in [0.5, 0.6) is 0 Å². The summed E-state index contributed by atoms with van der Waals surface area (Å²) in [6.45, 7) is 5.88. The molecule has 3 aromatic rings. The molecule has 0 amide bonds. The number of likely N-dealkylation sites (tertiary alicyclic amines) is 1. The Morgan fingerprint density at radius 1 is 1.05 bits per heavy atom. The number of rotatable bonds is 6. The van der Waals surface area contributed by atoms with Crippen LogP contribution < -0.4 is 34.7 Å². The molecule has 1 unspecified atom stereocenters. The summed E-state index contributed by atoms with van der Waals surface area (Å²) < 4.78 is 0. The second kappa shape index (κ2) is 12.7. The number of aromatic nitrogens is 1. The van der Waals surface area contributed by atoms with Crippen LogP contribution in [0.25, 0.3) is 5.57 Å². The maximum atomic E-state index is 11.6. The van der Waals surface area contributed by atoms with Crippen molar-refractivity contribution in [1.82, 2.24) is 9.88 Å². The molecule has 0 saturated carbocycles. The number of nitrogens with zero attached hydrogens (tertiary/aromatic N) is 2. The third-order valence-electron chi connectivity index (χ3n) is 8.16. The monoisotopic (exact) mass is 552 g/mol. The molecule has 198 valence electrons. The van der Waals surface area contributed by atoms with Crippen LogP contribution in [0.15, 0.2) is 66.4 Å². The van der Waals surface area contributed by atoms with Crippen molar-refractivity contribution in [2.45, 2.75) is 57.5 Å². The first-order valence-corrected chi connectivity index (χ1v) is 13.8. The summed E-state index contributed by atoms with van der Waals surface area (Å²) in [6.07, 6.45) is 5.65. The van der Waals surface area contributed by atoms with E-state index >= 15 is 0 Å². The first-order valence-electron chi connectivity index (χ1n) is 13.4. The van der Waals surface area contributed by atoms with Gasteiger partial charge in [-0.1, -0.05) is 67.4 Å². The Morgan fingerprint density at radius 3 is 2.54 bits per heavy atom. The van der Waals surface area contributed by atoms with E-state index in [-0.39, 0.29) is 29.6 Å². The molecule has 1 atom stereocenters. The van der Waals surface area contributed by atoms with Crippen LogP contribution in [0.4, 0.5) is 0 Å². The van der Waals surface area contributed by atoms with Crippen LogP contribution in [-0.2, 0) is 23.1 Å². The number of aliphatic hydroxyl groups is 1. The first kappa shape index (κ1) is 30.0. The SMILES string of the molecule is CC(C)(C(=O)[O-])c1cccc(C(O)CCN2CCC(=C3c4ccc(Cl)cc4CCc4cccnc43)CC2)c1.[Na+]. The van der Waals surface area contributed by atoms with Crippen molar-refractivity contribution >= 4 is 23.1 Å². The molecule has 2 heterocycles. The first-order chi connectivity index (χ1) is 18.2. The van der Waals surface area contributed by atoms with E-state index < -0.39 is 17.5 Å². The molecule has 5 rings (SSSR count). The predicted octanol–water partition coefficient (Wildman–Crippen LogP) is 1.89. The average Bonchev–Trinajstić information content (AvgIpc) is 3.08. The van der Waals surface area contributed by atoms with Crippen molar-refractivity contribution in [1.29, 1.82) is 0 Å². The summed E-state index contributed by atoms with van der Waals surface area (Å²) in [5, 5.41) is 23.2. The number of carboxylic acids is 1. The Balaban J connectivity index is 0.00000353. The molecule has 1 aromatic heterocycles. The van der Waals surface area contributed by atoms with E-state index in [1.807, 2.05) is 30.5 Å². The number of pyridine rings is 1. The second-order valence-electron chi connectivity index (χ2n) is 11.0. The Morgan fingerprint density at radius 2 is 1.79 bits per heavy atom. The maximum absolute atomic E-state index is 11.6. The smallest absolute Gasteiger partial charge is 0.549 e. The van der Waals surface area contributed by atoms with E-state index in [0.29, 0.717) is 12.0 Å². The zero-order valence-corrected chi connectivity index (χ0v) is 25.8. The number of halogens is 1. The van der Waals surface area contributed by atoms with Gasteiger partial charge < -0.3 is 19.9 Å². The average molecular weight is 553 g/mol. The fourth-order valence-corrected chi connectivity index (χ4v) is 5.85. The molecule has 0 spiro atoms. The third kappa shape index (κ3) is 6.51. The Labute approximate surface area is 258 Å². The van der Waals surface area contributed by atoms with E-state index in [1.165, 1.54) is 27.8 Å². The summed E-state index contributed by atoms with van der Waals surface area (Å²) in [5.74, 6) is -1.13. The molecule has 39 heavy (non-hydrogen) atoms. The van der Waals surface area contributed by atoms with Crippen LogP contribution in [0.2, 0.25) is 5.02 Å². The van der Waals surface area contributed by atoms with E-state index in [1.54, 1.807) is 26.0 Å². The molecule has 1 aliphatic carbocycles. The Hall–Kier alpha value is -1.99. The van der Waals surface area contributed by atoms with Gasteiger partial charge in [0.2, 0.25) is 0 Å². The number of aliphatic carboxylic acids is 1. The van der Waals surface area contributed by atoms with Crippen molar-refractivity contribution in [3.63, 3.8) is 0 Å². The molecular formula is C32H34ClN2NaO3.